The van der Waals surface area contributed by atoms with Gasteiger partial charge in [0.25, 0.3) is 0 Å². The molecule has 17 heavy (non-hydrogen) atoms. The fraction of sp³-hybridized carbons (Fsp3) is 0.727. The molecule has 1 saturated heterocycles. The highest BCUT2D eigenvalue weighted by Gasteiger charge is 2.24. The second-order valence-electron chi connectivity index (χ2n) is 4.58. The average molecular weight is 274 g/mol. The summed E-state index contributed by atoms with van der Waals surface area (Å²) in [5, 5.41) is 4.35. The Labute approximate surface area is 106 Å². The van der Waals surface area contributed by atoms with Gasteiger partial charge in [0.2, 0.25) is 0 Å². The summed E-state index contributed by atoms with van der Waals surface area (Å²) in [5.41, 5.74) is 1.07. The van der Waals surface area contributed by atoms with Gasteiger partial charge in [-0.1, -0.05) is 0 Å². The first-order valence-electron chi connectivity index (χ1n) is 5.83. The molecule has 0 saturated carbocycles. The Balaban J connectivity index is 1.90. The van der Waals surface area contributed by atoms with Crippen molar-refractivity contribution in [2.45, 2.75) is 39.3 Å². The molecule has 1 aromatic heterocycles. The lowest BCUT2D eigenvalue weighted by Gasteiger charge is -2.22. The maximum absolute atomic E-state index is 11.5. The normalized spacial score (nSPS) is 23.8. The van der Waals surface area contributed by atoms with Crippen LogP contribution in [-0.2, 0) is 16.4 Å². The van der Waals surface area contributed by atoms with E-state index >= 15 is 0 Å². The van der Waals surface area contributed by atoms with Gasteiger partial charge in [-0.25, -0.2) is 13.4 Å². The predicted octanol–water partition coefficient (Wildman–Crippen LogP) is 1.43. The molecule has 1 aliphatic heterocycles. The average Bonchev–Trinajstić information content (AvgIpc) is 2.54. The van der Waals surface area contributed by atoms with Gasteiger partial charge in [0.1, 0.15) is 5.01 Å². The molecule has 1 atom stereocenters. The second-order valence-corrected chi connectivity index (χ2v) is 8.10. The van der Waals surface area contributed by atoms with E-state index in [1.54, 1.807) is 11.3 Å². The summed E-state index contributed by atoms with van der Waals surface area (Å²) in [7, 11) is -2.82. The monoisotopic (exact) mass is 274 g/mol. The van der Waals surface area contributed by atoms with Crippen LogP contribution >= 0.6 is 11.3 Å². The van der Waals surface area contributed by atoms with Crippen LogP contribution in [0.15, 0.2) is 0 Å². The van der Waals surface area contributed by atoms with Crippen molar-refractivity contribution in [1.82, 2.24) is 10.3 Å². The third-order valence-electron chi connectivity index (χ3n) is 3.08. The van der Waals surface area contributed by atoms with E-state index in [9.17, 15) is 8.42 Å². The van der Waals surface area contributed by atoms with Gasteiger partial charge in [-0.15, -0.1) is 11.3 Å². The standard InChI is InChI=1S/C11H18N2O2S2/c1-8-9(2)16-11(13-8)6-12-10-4-3-5-17(14,15)7-10/h10,12H,3-7H2,1-2H3. The van der Waals surface area contributed by atoms with E-state index in [4.69, 9.17) is 0 Å². The minimum absolute atomic E-state index is 0.0956. The topological polar surface area (TPSA) is 59.1 Å². The van der Waals surface area contributed by atoms with Crippen LogP contribution in [0.3, 0.4) is 0 Å². The Kier molecular flexibility index (Phi) is 3.85. The zero-order valence-electron chi connectivity index (χ0n) is 10.2. The minimum Gasteiger partial charge on any atom is -0.307 e. The van der Waals surface area contributed by atoms with Crippen LogP contribution in [0.5, 0.6) is 0 Å². The second kappa shape index (κ2) is 5.04. The number of aryl methyl sites for hydroxylation is 2. The largest absolute Gasteiger partial charge is 0.307 e. The molecule has 0 bridgehead atoms. The zero-order valence-corrected chi connectivity index (χ0v) is 11.8. The third-order valence-corrected chi connectivity index (χ3v) is 5.97. The molecule has 1 unspecified atom stereocenters. The minimum atomic E-state index is -2.82. The van der Waals surface area contributed by atoms with Crippen molar-refractivity contribution < 1.29 is 8.42 Å². The maximum Gasteiger partial charge on any atom is 0.151 e. The van der Waals surface area contributed by atoms with Crippen LogP contribution in [-0.4, -0.2) is 30.9 Å². The van der Waals surface area contributed by atoms with E-state index in [1.165, 1.54) is 4.88 Å². The van der Waals surface area contributed by atoms with Gasteiger partial charge in [-0.3, -0.25) is 0 Å². The Hall–Kier alpha value is -0.460. The fourth-order valence-corrected chi connectivity index (χ4v) is 4.59. The third kappa shape index (κ3) is 3.50. The molecule has 4 nitrogen and oxygen atoms in total. The highest BCUT2D eigenvalue weighted by Crippen LogP contribution is 2.17. The van der Waals surface area contributed by atoms with Gasteiger partial charge in [0.15, 0.2) is 9.84 Å². The van der Waals surface area contributed by atoms with E-state index in [0.717, 1.165) is 23.5 Å². The van der Waals surface area contributed by atoms with Crippen molar-refractivity contribution in [3.05, 3.63) is 15.6 Å². The summed E-state index contributed by atoms with van der Waals surface area (Å²) in [6, 6.07) is 0.0956. The molecule has 1 aliphatic rings. The highest BCUT2D eigenvalue weighted by atomic mass is 32.2. The van der Waals surface area contributed by atoms with Crippen LogP contribution in [0, 0.1) is 13.8 Å². The SMILES string of the molecule is Cc1nc(CNC2CCCS(=O)(=O)C2)sc1C. The van der Waals surface area contributed by atoms with E-state index in [0.29, 0.717) is 12.3 Å². The van der Waals surface area contributed by atoms with Crippen molar-refractivity contribution in [3.63, 3.8) is 0 Å². The molecule has 1 aromatic rings. The predicted molar refractivity (Wildman–Crippen MR) is 70.1 cm³/mol. The van der Waals surface area contributed by atoms with Crippen LogP contribution in [0.1, 0.15) is 28.4 Å². The molecule has 0 aromatic carbocycles. The zero-order chi connectivity index (χ0) is 12.5. The Morgan fingerprint density at radius 1 is 1.47 bits per heavy atom. The molecule has 0 radical (unpaired) electrons. The summed E-state index contributed by atoms with van der Waals surface area (Å²) >= 11 is 1.68. The lowest BCUT2D eigenvalue weighted by atomic mass is 10.2. The smallest absolute Gasteiger partial charge is 0.151 e. The molecule has 0 spiro atoms. The number of sulfone groups is 1. The van der Waals surface area contributed by atoms with E-state index in [-0.39, 0.29) is 11.8 Å². The number of hydrogen-bond acceptors (Lipinski definition) is 5. The molecule has 96 valence electrons. The molecule has 1 N–H and O–H groups in total. The van der Waals surface area contributed by atoms with Crippen LogP contribution in [0.2, 0.25) is 0 Å². The first kappa shape index (κ1) is 13.0. The van der Waals surface area contributed by atoms with Gasteiger partial charge in [-0.2, -0.15) is 0 Å². The van der Waals surface area contributed by atoms with Gasteiger partial charge in [0, 0.05) is 17.5 Å². The number of rotatable bonds is 3. The van der Waals surface area contributed by atoms with Gasteiger partial charge in [0.05, 0.1) is 17.2 Å². The fourth-order valence-electron chi connectivity index (χ4n) is 2.03. The maximum atomic E-state index is 11.5. The highest BCUT2D eigenvalue weighted by molar-refractivity contribution is 7.91. The van der Waals surface area contributed by atoms with Crippen molar-refractivity contribution in [2.75, 3.05) is 11.5 Å². The quantitative estimate of drug-likeness (QED) is 0.906. The van der Waals surface area contributed by atoms with E-state index in [1.807, 2.05) is 6.92 Å². The molecule has 2 heterocycles. The number of thiazole rings is 1. The number of nitrogens with one attached hydrogen (secondary N) is 1. The van der Waals surface area contributed by atoms with Crippen LogP contribution < -0.4 is 5.32 Å². The number of aromatic nitrogens is 1. The van der Waals surface area contributed by atoms with Crippen molar-refractivity contribution in [2.24, 2.45) is 0 Å². The first-order chi connectivity index (χ1) is 7.96. The molecule has 2 rings (SSSR count). The van der Waals surface area contributed by atoms with Crippen LogP contribution in [0.25, 0.3) is 0 Å². The molecular weight excluding hydrogens is 256 g/mol. The summed E-state index contributed by atoms with van der Waals surface area (Å²) in [6.45, 7) is 4.74. The Bertz CT molecular complexity index is 474. The van der Waals surface area contributed by atoms with E-state index in [2.05, 4.69) is 17.2 Å². The van der Waals surface area contributed by atoms with Crippen molar-refractivity contribution in [3.8, 4) is 0 Å². The first-order valence-corrected chi connectivity index (χ1v) is 8.47. The summed E-state index contributed by atoms with van der Waals surface area (Å²) in [4.78, 5) is 5.67. The Morgan fingerprint density at radius 2 is 2.24 bits per heavy atom. The number of nitrogens with zero attached hydrogens (tertiary/aromatic N) is 1. The summed E-state index contributed by atoms with van der Waals surface area (Å²) in [6.07, 6.45) is 1.72. The molecular formula is C11H18N2O2S2. The molecule has 0 amide bonds. The van der Waals surface area contributed by atoms with E-state index < -0.39 is 9.84 Å². The summed E-state index contributed by atoms with van der Waals surface area (Å²) in [5.74, 6) is 0.622. The molecule has 1 fully saturated rings. The van der Waals surface area contributed by atoms with Crippen molar-refractivity contribution in [1.29, 1.82) is 0 Å². The number of hydrogen-bond donors (Lipinski definition) is 1. The van der Waals surface area contributed by atoms with Gasteiger partial charge >= 0.3 is 0 Å². The van der Waals surface area contributed by atoms with Crippen molar-refractivity contribution >= 4 is 21.2 Å². The lowest BCUT2D eigenvalue weighted by Crippen LogP contribution is -2.39. The van der Waals surface area contributed by atoms with Gasteiger partial charge in [-0.05, 0) is 26.7 Å². The van der Waals surface area contributed by atoms with Crippen LogP contribution in [0.4, 0.5) is 0 Å². The molecule has 0 aliphatic carbocycles. The summed E-state index contributed by atoms with van der Waals surface area (Å²) < 4.78 is 23.0. The lowest BCUT2D eigenvalue weighted by molar-refractivity contribution is 0.479. The molecule has 6 heteroatoms. The Morgan fingerprint density at radius 3 is 2.82 bits per heavy atom. The van der Waals surface area contributed by atoms with Gasteiger partial charge < -0.3 is 5.32 Å².